The first-order valence-corrected chi connectivity index (χ1v) is 7.67. The van der Waals surface area contributed by atoms with Crippen molar-refractivity contribution in [1.82, 2.24) is 0 Å². The van der Waals surface area contributed by atoms with Gasteiger partial charge in [0.15, 0.2) is 11.6 Å². The molecule has 1 aliphatic carbocycles. The van der Waals surface area contributed by atoms with E-state index in [1.807, 2.05) is 0 Å². The van der Waals surface area contributed by atoms with Crippen molar-refractivity contribution in [3.05, 3.63) is 65.7 Å². The van der Waals surface area contributed by atoms with Gasteiger partial charge >= 0.3 is 11.9 Å². The Morgan fingerprint density at radius 1 is 1.25 bits per heavy atom. The third-order valence-electron chi connectivity index (χ3n) is 3.52. The van der Waals surface area contributed by atoms with Crippen molar-refractivity contribution in [2.45, 2.75) is 32.6 Å². The van der Waals surface area contributed by atoms with Crippen molar-refractivity contribution in [2.24, 2.45) is 0 Å². The molecule has 0 saturated carbocycles. The third kappa shape index (κ3) is 4.41. The van der Waals surface area contributed by atoms with Gasteiger partial charge in [0.1, 0.15) is 5.75 Å². The molecule has 4 nitrogen and oxygen atoms in total. The molecule has 1 unspecified atom stereocenters. The molecule has 1 atom stereocenters. The topological polar surface area (TPSA) is 52.6 Å². The number of allylic oxidation sites excluding steroid dienone is 3. The molecular weight excluding hydrogens is 311 g/mol. The Bertz CT molecular complexity index is 713. The molecule has 0 fully saturated rings. The van der Waals surface area contributed by atoms with Gasteiger partial charge in [-0.1, -0.05) is 25.6 Å². The van der Waals surface area contributed by atoms with Gasteiger partial charge in [0, 0.05) is 17.9 Å². The van der Waals surface area contributed by atoms with Gasteiger partial charge < -0.3 is 9.47 Å². The molecule has 0 aliphatic heterocycles. The van der Waals surface area contributed by atoms with Crippen LogP contribution in [0.25, 0.3) is 0 Å². The van der Waals surface area contributed by atoms with Crippen LogP contribution in [0.2, 0.25) is 0 Å². The van der Waals surface area contributed by atoms with Crippen LogP contribution in [0.15, 0.2) is 60.2 Å². The normalized spacial score (nSPS) is 16.7. The molecule has 0 bridgehead atoms. The highest BCUT2D eigenvalue weighted by atomic mass is 19.1. The van der Waals surface area contributed by atoms with Gasteiger partial charge in [-0.05, 0) is 43.2 Å². The molecule has 5 heteroatoms. The highest BCUT2D eigenvalue weighted by Gasteiger charge is 2.20. The molecule has 0 N–H and O–H groups in total. The van der Waals surface area contributed by atoms with Gasteiger partial charge in [0.2, 0.25) is 0 Å². The van der Waals surface area contributed by atoms with Gasteiger partial charge in [0.25, 0.3) is 0 Å². The van der Waals surface area contributed by atoms with Crippen LogP contribution in [0.1, 0.15) is 38.2 Å². The van der Waals surface area contributed by atoms with Crippen LogP contribution in [0.4, 0.5) is 4.39 Å². The zero-order chi connectivity index (χ0) is 17.7. The largest absolute Gasteiger partial charge is 0.424 e. The Kier molecular flexibility index (Phi) is 5.68. The van der Waals surface area contributed by atoms with Gasteiger partial charge in [0.05, 0.1) is 0 Å². The lowest BCUT2D eigenvalue weighted by atomic mass is 9.91. The Labute approximate surface area is 140 Å². The van der Waals surface area contributed by atoms with Crippen LogP contribution in [-0.2, 0) is 14.3 Å². The van der Waals surface area contributed by atoms with E-state index in [-0.39, 0.29) is 18.1 Å². The second kappa shape index (κ2) is 7.73. The summed E-state index contributed by atoms with van der Waals surface area (Å²) in [6, 6.07) is 6.84. The zero-order valence-corrected chi connectivity index (χ0v) is 13.7. The summed E-state index contributed by atoms with van der Waals surface area (Å²) in [4.78, 5) is 22.7. The first kappa shape index (κ1) is 17.7. The van der Waals surface area contributed by atoms with E-state index in [0.717, 1.165) is 5.56 Å². The summed E-state index contributed by atoms with van der Waals surface area (Å²) in [5.41, 5.74) is 1.19. The molecule has 0 heterocycles. The monoisotopic (exact) mass is 330 g/mol. The predicted molar refractivity (Wildman–Crippen MR) is 87.9 cm³/mol. The number of carbonyl (C=O) groups excluding carboxylic acids is 2. The van der Waals surface area contributed by atoms with Crippen LogP contribution in [0.5, 0.6) is 5.75 Å². The highest BCUT2D eigenvalue weighted by molar-refractivity contribution is 5.88. The maximum Gasteiger partial charge on any atom is 0.338 e. The van der Waals surface area contributed by atoms with E-state index in [1.54, 1.807) is 44.2 Å². The molecule has 24 heavy (non-hydrogen) atoms. The fourth-order valence-corrected chi connectivity index (χ4v) is 2.15. The van der Waals surface area contributed by atoms with Crippen LogP contribution >= 0.6 is 0 Å². The van der Waals surface area contributed by atoms with E-state index in [9.17, 15) is 14.0 Å². The Morgan fingerprint density at radius 3 is 2.46 bits per heavy atom. The number of ether oxygens (including phenoxy) is 2. The van der Waals surface area contributed by atoms with E-state index in [0.29, 0.717) is 17.7 Å². The maximum atomic E-state index is 14.1. The van der Waals surface area contributed by atoms with E-state index in [4.69, 9.17) is 9.47 Å². The summed E-state index contributed by atoms with van der Waals surface area (Å²) in [6.07, 6.45) is 3.71. The van der Waals surface area contributed by atoms with Gasteiger partial charge in [-0.3, -0.25) is 4.79 Å². The minimum absolute atomic E-state index is 0.0230. The molecule has 0 spiro atoms. The van der Waals surface area contributed by atoms with Gasteiger partial charge in [-0.15, -0.1) is 0 Å². The number of esters is 2. The second-order valence-electron chi connectivity index (χ2n) is 5.49. The number of hydrogen-bond acceptors (Lipinski definition) is 4. The molecule has 1 aromatic rings. The van der Waals surface area contributed by atoms with E-state index in [2.05, 4.69) is 6.58 Å². The molecule has 126 valence electrons. The summed E-state index contributed by atoms with van der Waals surface area (Å²) < 4.78 is 24.1. The van der Waals surface area contributed by atoms with Crippen LogP contribution in [0, 0.1) is 0 Å². The zero-order valence-electron chi connectivity index (χ0n) is 13.7. The van der Waals surface area contributed by atoms with E-state index in [1.165, 1.54) is 6.08 Å². The number of halogens is 1. The minimum atomic E-state index is -0.550. The van der Waals surface area contributed by atoms with Crippen molar-refractivity contribution in [2.75, 3.05) is 0 Å². The van der Waals surface area contributed by atoms with Crippen LogP contribution in [-0.4, -0.2) is 11.9 Å². The number of hydrogen-bond donors (Lipinski definition) is 0. The van der Waals surface area contributed by atoms with Gasteiger partial charge in [-0.2, -0.15) is 0 Å². The SMILES string of the molecule is C=C(C)C(=O)Oc1ccc(C2C=C(F)C(OC(=O)CC)=CC2)cc1. The lowest BCUT2D eigenvalue weighted by molar-refractivity contribution is -0.139. The predicted octanol–water partition coefficient (Wildman–Crippen LogP) is 4.35. The van der Waals surface area contributed by atoms with Crippen molar-refractivity contribution in [3.63, 3.8) is 0 Å². The molecule has 0 radical (unpaired) electrons. The first-order valence-electron chi connectivity index (χ1n) is 7.67. The molecule has 1 aliphatic rings. The average Bonchev–Trinajstić information content (AvgIpc) is 2.57. The van der Waals surface area contributed by atoms with Gasteiger partial charge in [-0.25, -0.2) is 9.18 Å². The summed E-state index contributed by atoms with van der Waals surface area (Å²) in [6.45, 7) is 6.74. The summed E-state index contributed by atoms with van der Waals surface area (Å²) in [7, 11) is 0. The standard InChI is InChI=1S/C19H19FO4/c1-4-18(21)24-17-10-7-14(11-16(17)20)13-5-8-15(9-6-13)23-19(22)12(2)3/h5-6,8-11,14H,2,4,7H2,1,3H3. The lowest BCUT2D eigenvalue weighted by Crippen LogP contribution is -2.09. The number of benzene rings is 1. The fourth-order valence-electron chi connectivity index (χ4n) is 2.15. The summed E-state index contributed by atoms with van der Waals surface area (Å²) in [5.74, 6) is -1.29. The number of carbonyl (C=O) groups is 2. The second-order valence-corrected chi connectivity index (χ2v) is 5.49. The van der Waals surface area contributed by atoms with Crippen molar-refractivity contribution in [1.29, 1.82) is 0 Å². The fraction of sp³-hybridized carbons (Fsp3) is 0.263. The molecular formula is C19H19FO4. The Balaban J connectivity index is 2.05. The van der Waals surface area contributed by atoms with E-state index < -0.39 is 17.8 Å². The third-order valence-corrected chi connectivity index (χ3v) is 3.52. The Hall–Kier alpha value is -2.69. The molecule has 0 aromatic heterocycles. The summed E-state index contributed by atoms with van der Waals surface area (Å²) >= 11 is 0. The Morgan fingerprint density at radius 2 is 1.92 bits per heavy atom. The van der Waals surface area contributed by atoms with Crippen molar-refractivity contribution < 1.29 is 23.5 Å². The number of rotatable bonds is 5. The first-order chi connectivity index (χ1) is 11.4. The van der Waals surface area contributed by atoms with Crippen molar-refractivity contribution >= 4 is 11.9 Å². The quantitative estimate of drug-likeness (QED) is 0.458. The molecule has 0 amide bonds. The molecule has 0 saturated heterocycles. The summed E-state index contributed by atoms with van der Waals surface area (Å²) in [5, 5.41) is 0. The maximum absolute atomic E-state index is 14.1. The van der Waals surface area contributed by atoms with Crippen LogP contribution < -0.4 is 4.74 Å². The van der Waals surface area contributed by atoms with Crippen molar-refractivity contribution in [3.8, 4) is 5.75 Å². The molecule has 2 rings (SSSR count). The highest BCUT2D eigenvalue weighted by Crippen LogP contribution is 2.32. The molecule has 1 aromatic carbocycles. The van der Waals surface area contributed by atoms with Crippen LogP contribution in [0.3, 0.4) is 0 Å². The van der Waals surface area contributed by atoms with E-state index >= 15 is 0 Å². The lowest BCUT2D eigenvalue weighted by Gasteiger charge is -2.18. The average molecular weight is 330 g/mol. The minimum Gasteiger partial charge on any atom is -0.424 e. The smallest absolute Gasteiger partial charge is 0.338 e.